The molecular weight excluding hydrogens is 957 g/mol. The van der Waals surface area contributed by atoms with Crippen molar-refractivity contribution in [1.82, 2.24) is 0 Å². The standard InChI is InChI=1S/C61H98O14/c1-3-5-7-9-11-13-15-17-19-20-21-22-23-24-25-26-27-28-29-31-33-35-37-39-41-43-45-70-47-50(73-53(63)44-42-40-38-36-34-32-30-18-16-14-12-10-8-6-4-2)48-71-60-59(69)57(67)55(65)52(75-60)49-72-61-58(68)56(66)54(64)51(46-62)74-61/h5-8,11-14,17-19,21-22,24-25,27-28,30,34,36,50-52,54-62,64-69H,3-4,9-10,15-16,20,23,26,29,31-33,35,37-49H2,1-2H3/b7-5-,8-6-,13-11-,14-12-,19-17-,22-21-,25-24-,28-27-,30-18-,36-34-. The Morgan fingerprint density at radius 3 is 1.29 bits per heavy atom. The number of ether oxygens (including phenoxy) is 6. The van der Waals surface area contributed by atoms with Crippen LogP contribution < -0.4 is 0 Å². The van der Waals surface area contributed by atoms with Crippen LogP contribution in [0.4, 0.5) is 0 Å². The molecule has 14 heteroatoms. The highest BCUT2D eigenvalue weighted by Crippen LogP contribution is 2.26. The van der Waals surface area contributed by atoms with E-state index in [-0.39, 0.29) is 19.6 Å². The molecule has 0 aromatic carbocycles. The predicted molar refractivity (Wildman–Crippen MR) is 297 cm³/mol. The molecule has 0 aliphatic carbocycles. The van der Waals surface area contributed by atoms with Crippen molar-refractivity contribution >= 4 is 5.97 Å². The molecule has 7 N–H and O–H groups in total. The Labute approximate surface area is 450 Å². The van der Waals surface area contributed by atoms with Crippen LogP contribution in [0.2, 0.25) is 0 Å². The Morgan fingerprint density at radius 2 is 0.827 bits per heavy atom. The van der Waals surface area contributed by atoms with Gasteiger partial charge in [0.1, 0.15) is 54.9 Å². The smallest absolute Gasteiger partial charge is 0.306 e. The van der Waals surface area contributed by atoms with Gasteiger partial charge in [0, 0.05) is 13.0 Å². The van der Waals surface area contributed by atoms with Crippen LogP contribution in [-0.2, 0) is 33.2 Å². The molecule has 75 heavy (non-hydrogen) atoms. The molecule has 0 spiro atoms. The van der Waals surface area contributed by atoms with Crippen molar-refractivity contribution in [2.24, 2.45) is 0 Å². The van der Waals surface area contributed by atoms with E-state index >= 15 is 0 Å². The molecule has 2 fully saturated rings. The largest absolute Gasteiger partial charge is 0.457 e. The fourth-order valence-corrected chi connectivity index (χ4v) is 7.98. The van der Waals surface area contributed by atoms with Crippen molar-refractivity contribution in [3.63, 3.8) is 0 Å². The molecule has 0 aromatic rings. The zero-order valence-corrected chi connectivity index (χ0v) is 45.5. The van der Waals surface area contributed by atoms with Crippen molar-refractivity contribution in [3.8, 4) is 0 Å². The van der Waals surface area contributed by atoms with Crippen LogP contribution >= 0.6 is 0 Å². The molecule has 0 saturated carbocycles. The van der Waals surface area contributed by atoms with Crippen LogP contribution in [0.1, 0.15) is 155 Å². The quantitative estimate of drug-likeness (QED) is 0.0172. The molecule has 0 bridgehead atoms. The van der Waals surface area contributed by atoms with E-state index < -0.39 is 86.7 Å². The van der Waals surface area contributed by atoms with Crippen LogP contribution in [0, 0.1) is 0 Å². The minimum atomic E-state index is -1.72. The van der Waals surface area contributed by atoms with Crippen LogP contribution in [0.15, 0.2) is 122 Å². The summed E-state index contributed by atoms with van der Waals surface area (Å²) in [7, 11) is 0. The molecule has 11 atom stereocenters. The maximum atomic E-state index is 13.0. The molecule has 2 rings (SSSR count). The Kier molecular flexibility index (Phi) is 41.8. The minimum Gasteiger partial charge on any atom is -0.457 e. The van der Waals surface area contributed by atoms with E-state index in [1.807, 2.05) is 0 Å². The SMILES string of the molecule is CC/C=C\C/C=C\C/C=C\C/C=C\C/C=C\C/C=C\CCCCCCCCCOCC(COC1OC(COC2OC(CO)C(O)C(O)C2O)C(O)C(O)C1O)OC(=O)CCCC/C=C\C/C=C\C/C=C\C/C=C\CC. The van der Waals surface area contributed by atoms with Crippen LogP contribution in [0.25, 0.3) is 0 Å². The summed E-state index contributed by atoms with van der Waals surface area (Å²) in [5.74, 6) is -0.426. The monoisotopic (exact) mass is 1050 g/mol. The maximum Gasteiger partial charge on any atom is 0.306 e. The third kappa shape index (κ3) is 33.3. The highest BCUT2D eigenvalue weighted by atomic mass is 16.7. The van der Waals surface area contributed by atoms with E-state index in [4.69, 9.17) is 28.4 Å². The molecule has 426 valence electrons. The number of unbranched alkanes of at least 4 members (excludes halogenated alkanes) is 9. The van der Waals surface area contributed by atoms with Gasteiger partial charge in [-0.2, -0.15) is 0 Å². The zero-order valence-electron chi connectivity index (χ0n) is 45.5. The van der Waals surface area contributed by atoms with Gasteiger partial charge in [-0.1, -0.05) is 167 Å². The first-order valence-corrected chi connectivity index (χ1v) is 28.1. The number of esters is 1. The summed E-state index contributed by atoms with van der Waals surface area (Å²) >= 11 is 0. The zero-order chi connectivity index (χ0) is 54.4. The van der Waals surface area contributed by atoms with Gasteiger partial charge < -0.3 is 64.2 Å². The van der Waals surface area contributed by atoms with E-state index in [2.05, 4.69) is 135 Å². The fourth-order valence-electron chi connectivity index (χ4n) is 7.98. The van der Waals surface area contributed by atoms with E-state index in [0.717, 1.165) is 109 Å². The summed E-state index contributed by atoms with van der Waals surface area (Å²) < 4.78 is 34.3. The van der Waals surface area contributed by atoms with Crippen molar-refractivity contribution < 1.29 is 69.0 Å². The average molecular weight is 1060 g/mol. The lowest BCUT2D eigenvalue weighted by molar-refractivity contribution is -0.332. The Morgan fingerprint density at radius 1 is 0.440 bits per heavy atom. The summed E-state index contributed by atoms with van der Waals surface area (Å²) in [6.07, 6.45) is 48.3. The summed E-state index contributed by atoms with van der Waals surface area (Å²) in [6.45, 7) is 3.34. The third-order valence-electron chi connectivity index (χ3n) is 12.5. The van der Waals surface area contributed by atoms with Gasteiger partial charge >= 0.3 is 5.97 Å². The van der Waals surface area contributed by atoms with Gasteiger partial charge in [0.2, 0.25) is 0 Å². The van der Waals surface area contributed by atoms with Crippen molar-refractivity contribution in [2.75, 3.05) is 33.0 Å². The lowest BCUT2D eigenvalue weighted by Crippen LogP contribution is -2.61. The molecule has 0 aromatic heterocycles. The van der Waals surface area contributed by atoms with E-state index in [0.29, 0.717) is 13.0 Å². The Hall–Kier alpha value is -3.61. The van der Waals surface area contributed by atoms with Gasteiger partial charge in [-0.15, -0.1) is 0 Å². The first-order chi connectivity index (χ1) is 36.6. The second-order valence-electron chi connectivity index (χ2n) is 19.0. The van der Waals surface area contributed by atoms with E-state index in [9.17, 15) is 40.5 Å². The number of allylic oxidation sites excluding steroid dienone is 20. The van der Waals surface area contributed by atoms with Gasteiger partial charge in [0.15, 0.2) is 12.6 Å². The predicted octanol–water partition coefficient (Wildman–Crippen LogP) is 9.74. The highest BCUT2D eigenvalue weighted by molar-refractivity contribution is 5.69. The molecule has 2 heterocycles. The van der Waals surface area contributed by atoms with Gasteiger partial charge in [-0.25, -0.2) is 0 Å². The van der Waals surface area contributed by atoms with Crippen LogP contribution in [0.3, 0.4) is 0 Å². The van der Waals surface area contributed by atoms with E-state index in [1.165, 1.54) is 19.3 Å². The Bertz CT molecular complexity index is 1700. The minimum absolute atomic E-state index is 0.0277. The van der Waals surface area contributed by atoms with E-state index in [1.54, 1.807) is 0 Å². The molecule has 0 radical (unpaired) electrons. The molecule has 14 nitrogen and oxygen atoms in total. The molecule has 2 saturated heterocycles. The van der Waals surface area contributed by atoms with Gasteiger partial charge in [-0.05, 0) is 103 Å². The topological polar surface area (TPSA) is 214 Å². The average Bonchev–Trinajstić information content (AvgIpc) is 3.41. The molecule has 2 aliphatic heterocycles. The number of carbonyl (C=O) groups is 1. The first-order valence-electron chi connectivity index (χ1n) is 28.1. The van der Waals surface area contributed by atoms with Gasteiger partial charge in [-0.3, -0.25) is 4.79 Å². The highest BCUT2D eigenvalue weighted by Gasteiger charge is 2.47. The first kappa shape index (κ1) is 67.5. The van der Waals surface area contributed by atoms with Crippen molar-refractivity contribution in [2.45, 2.75) is 223 Å². The summed E-state index contributed by atoms with van der Waals surface area (Å²) in [4.78, 5) is 13.0. The van der Waals surface area contributed by atoms with Crippen LogP contribution in [-0.4, -0.2) is 142 Å². The third-order valence-corrected chi connectivity index (χ3v) is 12.5. The van der Waals surface area contributed by atoms with Crippen LogP contribution in [0.5, 0.6) is 0 Å². The Balaban J connectivity index is 1.73. The number of hydrogen-bond acceptors (Lipinski definition) is 14. The summed E-state index contributed by atoms with van der Waals surface area (Å²) in [5.41, 5.74) is 0. The molecule has 0 amide bonds. The number of hydrogen-bond donors (Lipinski definition) is 7. The summed E-state index contributed by atoms with van der Waals surface area (Å²) in [6, 6.07) is 0. The second-order valence-corrected chi connectivity index (χ2v) is 19.0. The molecule has 2 aliphatic rings. The van der Waals surface area contributed by atoms with Gasteiger partial charge in [0.05, 0.1) is 26.4 Å². The lowest BCUT2D eigenvalue weighted by atomic mass is 9.98. The van der Waals surface area contributed by atoms with Crippen molar-refractivity contribution in [1.29, 1.82) is 0 Å². The molecular formula is C61H98O14. The maximum absolute atomic E-state index is 13.0. The number of aliphatic hydroxyl groups excluding tert-OH is 7. The normalized spacial score (nSPS) is 25.6. The molecule has 11 unspecified atom stereocenters. The van der Waals surface area contributed by atoms with Crippen molar-refractivity contribution in [3.05, 3.63) is 122 Å². The number of carbonyl (C=O) groups excluding carboxylic acids is 1. The lowest BCUT2D eigenvalue weighted by Gasteiger charge is -2.42. The number of aliphatic hydroxyl groups is 7. The second kappa shape index (κ2) is 46.5. The summed E-state index contributed by atoms with van der Waals surface area (Å²) in [5, 5.41) is 72.3. The number of rotatable bonds is 43. The fraction of sp³-hybridized carbons (Fsp3) is 0.656. The van der Waals surface area contributed by atoms with Gasteiger partial charge in [0.25, 0.3) is 0 Å².